The van der Waals surface area contributed by atoms with Gasteiger partial charge >= 0.3 is 0 Å². The van der Waals surface area contributed by atoms with E-state index in [1.54, 1.807) is 24.3 Å². The number of amidine groups is 1. The predicted octanol–water partition coefficient (Wildman–Crippen LogP) is 4.21. The second-order valence-corrected chi connectivity index (χ2v) is 7.07. The average Bonchev–Trinajstić information content (AvgIpc) is 3.16. The number of rotatable bonds is 2. The van der Waals surface area contributed by atoms with Crippen LogP contribution in [0.5, 0.6) is 11.5 Å². The maximum absolute atomic E-state index is 12.9. The van der Waals surface area contributed by atoms with Crippen LogP contribution in [0.4, 0.5) is 10.1 Å². The lowest BCUT2D eigenvalue weighted by atomic mass is 10.2. The van der Waals surface area contributed by atoms with Gasteiger partial charge in [-0.25, -0.2) is 9.38 Å². The highest BCUT2D eigenvalue weighted by Crippen LogP contribution is 2.39. The number of aliphatic imine (C=N–C) groups is 1. The third-order valence-corrected chi connectivity index (χ3v) is 5.08. The van der Waals surface area contributed by atoms with Crippen molar-refractivity contribution in [1.82, 2.24) is 5.32 Å². The normalized spacial score (nSPS) is 18.9. The maximum Gasteiger partial charge on any atom is 0.264 e. The highest BCUT2D eigenvalue weighted by Gasteiger charge is 2.25. The maximum atomic E-state index is 12.9. The van der Waals surface area contributed by atoms with E-state index in [9.17, 15) is 9.18 Å². The van der Waals surface area contributed by atoms with E-state index < -0.39 is 0 Å². The zero-order chi connectivity index (χ0) is 17.4. The summed E-state index contributed by atoms with van der Waals surface area (Å²) in [4.78, 5) is 17.0. The topological polar surface area (TPSA) is 59.9 Å². The Morgan fingerprint density at radius 2 is 1.92 bits per heavy atom. The number of amides is 1. The Balaban J connectivity index is 1.60. The minimum atomic E-state index is -0.333. The van der Waals surface area contributed by atoms with Gasteiger partial charge in [0.2, 0.25) is 6.79 Å². The van der Waals surface area contributed by atoms with E-state index in [0.29, 0.717) is 27.3 Å². The highest BCUT2D eigenvalue weighted by molar-refractivity contribution is 9.10. The first-order valence-electron chi connectivity index (χ1n) is 7.23. The molecule has 5 nitrogen and oxygen atoms in total. The summed E-state index contributed by atoms with van der Waals surface area (Å²) >= 11 is 4.68. The first-order chi connectivity index (χ1) is 12.1. The zero-order valence-corrected chi connectivity index (χ0v) is 15.0. The van der Waals surface area contributed by atoms with Gasteiger partial charge in [0.25, 0.3) is 5.91 Å². The number of thioether (sulfide) groups is 1. The zero-order valence-electron chi connectivity index (χ0n) is 12.6. The molecule has 25 heavy (non-hydrogen) atoms. The summed E-state index contributed by atoms with van der Waals surface area (Å²) < 4.78 is 24.4. The third-order valence-electron chi connectivity index (χ3n) is 3.49. The van der Waals surface area contributed by atoms with Gasteiger partial charge in [0, 0.05) is 4.47 Å². The molecule has 1 fully saturated rings. The largest absolute Gasteiger partial charge is 0.454 e. The number of hydrogen-bond donors (Lipinski definition) is 1. The summed E-state index contributed by atoms with van der Waals surface area (Å²) in [5.41, 5.74) is 1.36. The summed E-state index contributed by atoms with van der Waals surface area (Å²) in [6, 6.07) is 9.35. The molecule has 126 valence electrons. The quantitative estimate of drug-likeness (QED) is 0.739. The molecule has 0 aromatic heterocycles. The SMILES string of the molecule is O=C1NC(=Nc2ccc(F)cc2)S/C1=C\c1cc2c(cc1Br)OCO2. The third kappa shape index (κ3) is 3.40. The lowest BCUT2D eigenvalue weighted by Crippen LogP contribution is -2.19. The van der Waals surface area contributed by atoms with Crippen molar-refractivity contribution in [3.05, 3.63) is 57.2 Å². The molecular weight excluding hydrogens is 411 g/mol. The number of ether oxygens (including phenoxy) is 2. The van der Waals surface area contributed by atoms with Gasteiger partial charge in [0.05, 0.1) is 10.6 Å². The van der Waals surface area contributed by atoms with Crippen molar-refractivity contribution < 1.29 is 18.7 Å². The van der Waals surface area contributed by atoms with Crippen LogP contribution in [0.3, 0.4) is 0 Å². The molecule has 2 aliphatic heterocycles. The summed E-state index contributed by atoms with van der Waals surface area (Å²) in [5, 5.41) is 3.14. The van der Waals surface area contributed by atoms with Crippen LogP contribution in [0.25, 0.3) is 6.08 Å². The van der Waals surface area contributed by atoms with Gasteiger partial charge in [0.15, 0.2) is 16.7 Å². The number of halogens is 2. The summed E-state index contributed by atoms with van der Waals surface area (Å²) in [5.74, 6) is 0.727. The Morgan fingerprint density at radius 1 is 1.20 bits per heavy atom. The fourth-order valence-corrected chi connectivity index (χ4v) is 3.57. The molecule has 0 atom stereocenters. The molecule has 2 heterocycles. The molecule has 0 bridgehead atoms. The van der Waals surface area contributed by atoms with Crippen molar-refractivity contribution in [2.75, 3.05) is 6.79 Å². The summed E-state index contributed by atoms with van der Waals surface area (Å²) in [6.07, 6.45) is 1.75. The predicted molar refractivity (Wildman–Crippen MR) is 97.5 cm³/mol. The van der Waals surface area contributed by atoms with Crippen LogP contribution in [0, 0.1) is 5.82 Å². The smallest absolute Gasteiger partial charge is 0.264 e. The Bertz CT molecular complexity index is 928. The molecule has 0 radical (unpaired) electrons. The van der Waals surface area contributed by atoms with Crippen molar-refractivity contribution in [2.45, 2.75) is 0 Å². The molecule has 0 saturated carbocycles. The summed E-state index contributed by atoms with van der Waals surface area (Å²) in [6.45, 7) is 0.186. The molecule has 1 N–H and O–H groups in total. The molecule has 0 spiro atoms. The van der Waals surface area contributed by atoms with Crippen molar-refractivity contribution >= 4 is 50.5 Å². The van der Waals surface area contributed by atoms with E-state index in [2.05, 4.69) is 26.2 Å². The lowest BCUT2D eigenvalue weighted by molar-refractivity contribution is -0.115. The molecular formula is C17H10BrFN2O3S. The second-order valence-electron chi connectivity index (χ2n) is 5.19. The minimum absolute atomic E-state index is 0.186. The van der Waals surface area contributed by atoms with Crippen LogP contribution in [0.15, 0.2) is 50.8 Å². The number of benzene rings is 2. The molecule has 0 aliphatic carbocycles. The van der Waals surface area contributed by atoms with Crippen LogP contribution in [0.1, 0.15) is 5.56 Å². The van der Waals surface area contributed by atoms with Crippen molar-refractivity contribution in [3.63, 3.8) is 0 Å². The van der Waals surface area contributed by atoms with Crippen LogP contribution >= 0.6 is 27.7 Å². The van der Waals surface area contributed by atoms with Crippen molar-refractivity contribution in [2.24, 2.45) is 4.99 Å². The standard InChI is InChI=1S/C17H10BrFN2O3S/c18-12-7-14-13(23-8-24-14)5-9(12)6-15-16(22)21-17(25-15)20-11-3-1-10(19)2-4-11/h1-7H,8H2,(H,20,21,22)/b15-6-. The van der Waals surface area contributed by atoms with Crippen LogP contribution < -0.4 is 14.8 Å². The molecule has 2 aromatic carbocycles. The number of nitrogens with one attached hydrogen (secondary N) is 1. The van der Waals surface area contributed by atoms with Crippen molar-refractivity contribution in [3.8, 4) is 11.5 Å². The van der Waals surface area contributed by atoms with E-state index >= 15 is 0 Å². The summed E-state index contributed by atoms with van der Waals surface area (Å²) in [7, 11) is 0. The van der Waals surface area contributed by atoms with E-state index in [-0.39, 0.29) is 18.5 Å². The first kappa shape index (κ1) is 16.2. The number of carbonyl (C=O) groups excluding carboxylic acids is 1. The molecule has 2 aromatic rings. The van der Waals surface area contributed by atoms with Gasteiger partial charge in [0.1, 0.15) is 5.82 Å². The highest BCUT2D eigenvalue weighted by atomic mass is 79.9. The van der Waals surface area contributed by atoms with Gasteiger partial charge in [-0.1, -0.05) is 15.9 Å². The molecule has 0 unspecified atom stereocenters. The number of hydrogen-bond acceptors (Lipinski definition) is 5. The van der Waals surface area contributed by atoms with Gasteiger partial charge in [-0.05, 0) is 59.8 Å². The Hall–Kier alpha value is -2.32. The minimum Gasteiger partial charge on any atom is -0.454 e. The molecule has 8 heteroatoms. The number of carbonyl (C=O) groups is 1. The van der Waals surface area contributed by atoms with Gasteiger partial charge < -0.3 is 14.8 Å². The number of fused-ring (bicyclic) bond motifs is 1. The molecule has 4 rings (SSSR count). The second kappa shape index (κ2) is 6.53. The van der Waals surface area contributed by atoms with Gasteiger partial charge in [-0.2, -0.15) is 0 Å². The van der Waals surface area contributed by atoms with Crippen molar-refractivity contribution in [1.29, 1.82) is 0 Å². The monoisotopic (exact) mass is 420 g/mol. The van der Waals surface area contributed by atoms with E-state index in [1.165, 1.54) is 23.9 Å². The Morgan fingerprint density at radius 3 is 2.68 bits per heavy atom. The van der Waals surface area contributed by atoms with Crippen LogP contribution in [0.2, 0.25) is 0 Å². The van der Waals surface area contributed by atoms with Gasteiger partial charge in [-0.3, -0.25) is 4.79 Å². The van der Waals surface area contributed by atoms with Crippen LogP contribution in [-0.4, -0.2) is 17.9 Å². The Labute approximate surface area is 155 Å². The first-order valence-corrected chi connectivity index (χ1v) is 8.84. The Kier molecular flexibility index (Phi) is 4.22. The van der Waals surface area contributed by atoms with Crippen LogP contribution in [-0.2, 0) is 4.79 Å². The lowest BCUT2D eigenvalue weighted by Gasteiger charge is -2.02. The van der Waals surface area contributed by atoms with Gasteiger partial charge in [-0.15, -0.1) is 0 Å². The molecule has 1 amide bonds. The average molecular weight is 421 g/mol. The number of nitrogens with zero attached hydrogens (tertiary/aromatic N) is 1. The van der Waals surface area contributed by atoms with E-state index in [4.69, 9.17) is 9.47 Å². The molecule has 1 saturated heterocycles. The van der Waals surface area contributed by atoms with E-state index in [1.807, 2.05) is 6.07 Å². The van der Waals surface area contributed by atoms with E-state index in [0.717, 1.165) is 10.0 Å². The fourth-order valence-electron chi connectivity index (χ4n) is 2.30. The molecule has 2 aliphatic rings. The fraction of sp³-hybridized carbons (Fsp3) is 0.0588.